The van der Waals surface area contributed by atoms with Gasteiger partial charge in [0.1, 0.15) is 0 Å². The molecule has 0 spiro atoms. The van der Waals surface area contributed by atoms with Gasteiger partial charge in [-0.25, -0.2) is 9.97 Å². The summed E-state index contributed by atoms with van der Waals surface area (Å²) in [6.45, 7) is 0.0441. The third-order valence-corrected chi connectivity index (χ3v) is 7.29. The highest BCUT2D eigenvalue weighted by Gasteiger charge is 2.27. The first kappa shape index (κ1) is 22.2. The van der Waals surface area contributed by atoms with E-state index in [1.165, 1.54) is 24.8 Å². The second-order valence-electron chi connectivity index (χ2n) is 9.09. The lowest BCUT2D eigenvalue weighted by Gasteiger charge is -2.26. The molecular formula is C27H28BrN3O2. The van der Waals surface area contributed by atoms with Gasteiger partial charge in [-0.1, -0.05) is 65.5 Å². The van der Waals surface area contributed by atoms with Crippen molar-refractivity contribution in [1.82, 2.24) is 9.97 Å². The first-order chi connectivity index (χ1) is 16.1. The molecule has 33 heavy (non-hydrogen) atoms. The molecule has 2 aliphatic rings. The van der Waals surface area contributed by atoms with Crippen molar-refractivity contribution in [1.29, 1.82) is 0 Å². The average Bonchev–Trinajstić information content (AvgIpc) is 2.85. The van der Waals surface area contributed by atoms with Crippen LogP contribution in [0.4, 0.5) is 5.82 Å². The van der Waals surface area contributed by atoms with Crippen LogP contribution in [-0.2, 0) is 30.7 Å². The fourth-order valence-electron chi connectivity index (χ4n) is 5.03. The van der Waals surface area contributed by atoms with Gasteiger partial charge in [0.05, 0.1) is 30.1 Å². The zero-order valence-electron chi connectivity index (χ0n) is 18.6. The zero-order valence-corrected chi connectivity index (χ0v) is 20.2. The van der Waals surface area contributed by atoms with E-state index in [0.717, 1.165) is 63.9 Å². The van der Waals surface area contributed by atoms with Gasteiger partial charge in [-0.15, -0.1) is 0 Å². The Kier molecular flexibility index (Phi) is 6.56. The number of carbonyl (C=O) groups excluding carboxylic acids is 1. The summed E-state index contributed by atoms with van der Waals surface area (Å²) in [4.78, 5) is 23.1. The van der Waals surface area contributed by atoms with E-state index in [1.54, 1.807) is 0 Å². The number of anilines is 1. The van der Waals surface area contributed by atoms with Crippen molar-refractivity contribution < 1.29 is 9.90 Å². The number of nitrogens with one attached hydrogen (secondary N) is 1. The van der Waals surface area contributed by atoms with Crippen LogP contribution in [0.2, 0.25) is 0 Å². The summed E-state index contributed by atoms with van der Waals surface area (Å²) in [6, 6.07) is 13.9. The molecule has 2 N–H and O–H groups in total. The minimum absolute atomic E-state index is 0.0441. The van der Waals surface area contributed by atoms with Crippen LogP contribution in [0.15, 0.2) is 46.9 Å². The molecule has 0 radical (unpaired) electrons. The van der Waals surface area contributed by atoms with Crippen molar-refractivity contribution in [3.8, 4) is 11.3 Å². The third kappa shape index (κ3) is 4.87. The van der Waals surface area contributed by atoms with Crippen LogP contribution in [0.5, 0.6) is 0 Å². The van der Waals surface area contributed by atoms with Gasteiger partial charge in [-0.05, 0) is 54.5 Å². The highest BCUT2D eigenvalue weighted by atomic mass is 79.9. The fraction of sp³-hybridized carbons (Fsp3) is 0.370. The van der Waals surface area contributed by atoms with Crippen LogP contribution >= 0.6 is 15.9 Å². The summed E-state index contributed by atoms with van der Waals surface area (Å²) in [7, 11) is 0. The summed E-state index contributed by atoms with van der Waals surface area (Å²) in [5.74, 6) is 0.896. The summed E-state index contributed by atoms with van der Waals surface area (Å²) < 4.78 is 0.998. The molecule has 1 saturated carbocycles. The molecule has 0 unspecified atom stereocenters. The van der Waals surface area contributed by atoms with Crippen molar-refractivity contribution >= 4 is 27.7 Å². The van der Waals surface area contributed by atoms with Crippen LogP contribution in [0.25, 0.3) is 11.3 Å². The Labute approximate surface area is 202 Å². The second kappa shape index (κ2) is 9.74. The maximum absolute atomic E-state index is 12.9. The van der Waals surface area contributed by atoms with Gasteiger partial charge in [0, 0.05) is 16.0 Å². The molecule has 2 aliphatic carbocycles. The number of aromatic nitrogens is 2. The molecular weight excluding hydrogens is 478 g/mol. The first-order valence-corrected chi connectivity index (χ1v) is 12.6. The fourth-order valence-corrected chi connectivity index (χ4v) is 5.29. The van der Waals surface area contributed by atoms with Crippen LogP contribution in [0.3, 0.4) is 0 Å². The van der Waals surface area contributed by atoms with Gasteiger partial charge >= 0.3 is 0 Å². The zero-order chi connectivity index (χ0) is 22.8. The largest absolute Gasteiger partial charge is 0.392 e. The van der Waals surface area contributed by atoms with Crippen molar-refractivity contribution in [2.24, 2.45) is 0 Å². The van der Waals surface area contributed by atoms with E-state index in [2.05, 4.69) is 33.4 Å². The number of aliphatic hydroxyl groups is 1. The van der Waals surface area contributed by atoms with Crippen LogP contribution in [0.1, 0.15) is 66.1 Å². The lowest BCUT2D eigenvalue weighted by atomic mass is 9.85. The number of hydrogen-bond donors (Lipinski definition) is 2. The highest BCUT2D eigenvalue weighted by molar-refractivity contribution is 9.10. The molecule has 5 nitrogen and oxygen atoms in total. The van der Waals surface area contributed by atoms with Crippen molar-refractivity contribution in [3.05, 3.63) is 75.0 Å². The van der Waals surface area contributed by atoms with Crippen molar-refractivity contribution in [2.75, 3.05) is 5.32 Å². The molecule has 0 bridgehead atoms. The quantitative estimate of drug-likeness (QED) is 0.464. The number of halogens is 1. The third-order valence-electron chi connectivity index (χ3n) is 6.76. The molecule has 1 aromatic heterocycles. The maximum Gasteiger partial charge on any atom is 0.229 e. The Bertz CT molecular complexity index is 1170. The predicted molar refractivity (Wildman–Crippen MR) is 133 cm³/mol. The Morgan fingerprint density at radius 2 is 1.76 bits per heavy atom. The standard InChI is InChI=1S/C27H28BrN3O2/c28-21-10-6-17(7-11-21)15-24(33)30-27-25(19-4-2-1-3-5-19)31-26-22-12-8-18(16-32)14-20(22)9-13-23(26)29-27/h6-8,10-12,14,19,32H,1-5,9,13,15-16H2,(H,29,30,33). The normalized spacial score (nSPS) is 15.6. The molecule has 1 heterocycles. The van der Waals surface area contributed by atoms with E-state index in [1.807, 2.05) is 30.3 Å². The Hall–Kier alpha value is -2.57. The number of aliphatic hydroxyl groups excluding tert-OH is 1. The molecule has 2 aromatic carbocycles. The van der Waals surface area contributed by atoms with E-state index < -0.39 is 0 Å². The number of nitrogens with zero attached hydrogens (tertiary/aromatic N) is 2. The van der Waals surface area contributed by atoms with Crippen LogP contribution < -0.4 is 5.32 Å². The lowest BCUT2D eigenvalue weighted by molar-refractivity contribution is -0.115. The van der Waals surface area contributed by atoms with E-state index in [9.17, 15) is 9.90 Å². The number of aryl methyl sites for hydroxylation is 2. The van der Waals surface area contributed by atoms with Crippen LogP contribution in [0, 0.1) is 0 Å². The maximum atomic E-state index is 12.9. The van der Waals surface area contributed by atoms with E-state index >= 15 is 0 Å². The minimum Gasteiger partial charge on any atom is -0.392 e. The summed E-state index contributed by atoms with van der Waals surface area (Å²) in [5, 5.41) is 12.6. The molecule has 170 valence electrons. The van der Waals surface area contributed by atoms with Crippen molar-refractivity contribution in [3.63, 3.8) is 0 Å². The van der Waals surface area contributed by atoms with E-state index in [4.69, 9.17) is 9.97 Å². The van der Waals surface area contributed by atoms with Crippen LogP contribution in [-0.4, -0.2) is 21.0 Å². The first-order valence-electron chi connectivity index (χ1n) is 11.8. The number of fused-ring (bicyclic) bond motifs is 3. The monoisotopic (exact) mass is 505 g/mol. The SMILES string of the molecule is O=C(Cc1ccc(Br)cc1)Nc1nc2c(nc1C1CCCCC1)-c1ccc(CO)cc1CC2. The number of rotatable bonds is 5. The lowest BCUT2D eigenvalue weighted by Crippen LogP contribution is -2.21. The predicted octanol–water partition coefficient (Wildman–Crippen LogP) is 5.73. The minimum atomic E-state index is -0.0626. The smallest absolute Gasteiger partial charge is 0.229 e. The van der Waals surface area contributed by atoms with Gasteiger partial charge in [0.25, 0.3) is 0 Å². The van der Waals surface area contributed by atoms with E-state index in [-0.39, 0.29) is 12.5 Å². The van der Waals surface area contributed by atoms with Gasteiger partial charge < -0.3 is 10.4 Å². The summed E-state index contributed by atoms with van der Waals surface area (Å²) in [5.41, 5.74) is 7.02. The Morgan fingerprint density at radius 1 is 1.00 bits per heavy atom. The van der Waals surface area contributed by atoms with Crippen molar-refractivity contribution in [2.45, 2.75) is 63.9 Å². The molecule has 1 amide bonds. The topological polar surface area (TPSA) is 75.1 Å². The number of benzene rings is 2. The number of carbonyl (C=O) groups is 1. The number of hydrogen-bond acceptors (Lipinski definition) is 4. The summed E-state index contributed by atoms with van der Waals surface area (Å²) in [6.07, 6.45) is 7.75. The molecule has 0 atom stereocenters. The van der Waals surface area contributed by atoms with Gasteiger partial charge in [0.15, 0.2) is 5.82 Å². The number of amides is 1. The summed E-state index contributed by atoms with van der Waals surface area (Å²) >= 11 is 3.44. The Morgan fingerprint density at radius 3 is 2.52 bits per heavy atom. The molecule has 1 fully saturated rings. The average molecular weight is 506 g/mol. The van der Waals surface area contributed by atoms with E-state index in [0.29, 0.717) is 18.2 Å². The van der Waals surface area contributed by atoms with Gasteiger partial charge in [0.2, 0.25) is 5.91 Å². The highest BCUT2D eigenvalue weighted by Crippen LogP contribution is 2.39. The second-order valence-corrected chi connectivity index (χ2v) is 10.0. The molecule has 5 rings (SSSR count). The molecule has 0 saturated heterocycles. The Balaban J connectivity index is 1.49. The molecule has 6 heteroatoms. The molecule has 3 aromatic rings. The van der Waals surface area contributed by atoms with Gasteiger partial charge in [-0.2, -0.15) is 0 Å². The molecule has 0 aliphatic heterocycles. The van der Waals surface area contributed by atoms with Gasteiger partial charge in [-0.3, -0.25) is 4.79 Å².